The van der Waals surface area contributed by atoms with E-state index in [-0.39, 0.29) is 10.0 Å². The Kier molecular flexibility index (Phi) is 6.37. The molecule has 0 bridgehead atoms. The number of rotatable bonds is 8. The summed E-state index contributed by atoms with van der Waals surface area (Å²) < 4.78 is 29.6. The lowest BCUT2D eigenvalue weighted by Gasteiger charge is -2.03. The molecule has 0 aliphatic carbocycles. The second kappa shape index (κ2) is 8.94. The van der Waals surface area contributed by atoms with Crippen LogP contribution in [0.3, 0.4) is 0 Å². The number of benzene rings is 2. The normalized spacial score (nSPS) is 11.2. The number of sulfone groups is 1. The van der Waals surface area contributed by atoms with Crippen molar-refractivity contribution in [2.24, 2.45) is 0 Å². The molecule has 3 aromatic rings. The van der Waals surface area contributed by atoms with Gasteiger partial charge in [-0.3, -0.25) is 10.1 Å². The van der Waals surface area contributed by atoms with E-state index in [1.807, 2.05) is 24.3 Å². The van der Waals surface area contributed by atoms with Crippen LogP contribution in [0.4, 0.5) is 5.13 Å². The first kappa shape index (κ1) is 20.0. The van der Waals surface area contributed by atoms with E-state index in [2.05, 4.69) is 15.5 Å². The number of methoxy groups -OCH3 is 1. The van der Waals surface area contributed by atoms with Crippen molar-refractivity contribution in [1.82, 2.24) is 10.2 Å². The molecule has 2 aromatic carbocycles. The topological polar surface area (TPSA) is 98.2 Å². The van der Waals surface area contributed by atoms with Crippen molar-refractivity contribution in [2.75, 3.05) is 18.2 Å². The fraction of sp³-hybridized carbons (Fsp3) is 0.211. The van der Waals surface area contributed by atoms with E-state index >= 15 is 0 Å². The summed E-state index contributed by atoms with van der Waals surface area (Å²) in [5, 5.41) is 11.5. The van der Waals surface area contributed by atoms with Gasteiger partial charge in [0.05, 0.1) is 12.0 Å². The van der Waals surface area contributed by atoms with E-state index in [1.165, 1.54) is 23.5 Å². The van der Waals surface area contributed by atoms with Gasteiger partial charge in [-0.2, -0.15) is 0 Å². The highest BCUT2D eigenvalue weighted by Crippen LogP contribution is 2.19. The van der Waals surface area contributed by atoms with Crippen LogP contribution in [0.5, 0.6) is 5.75 Å². The summed E-state index contributed by atoms with van der Waals surface area (Å²) in [7, 11) is -2.07. The van der Waals surface area contributed by atoms with Crippen molar-refractivity contribution >= 4 is 32.2 Å². The molecule has 28 heavy (non-hydrogen) atoms. The Hall–Kier alpha value is -2.78. The summed E-state index contributed by atoms with van der Waals surface area (Å²) in [5.41, 5.74) is 1.13. The molecule has 9 heteroatoms. The average molecular weight is 418 g/mol. The number of nitrogens with one attached hydrogen (secondary N) is 1. The molecule has 1 heterocycles. The van der Waals surface area contributed by atoms with Crippen LogP contribution in [0.2, 0.25) is 0 Å². The molecule has 0 fully saturated rings. The monoisotopic (exact) mass is 417 g/mol. The Balaban J connectivity index is 1.54. The zero-order valence-electron chi connectivity index (χ0n) is 15.2. The number of hydrogen-bond acceptors (Lipinski definition) is 7. The molecule has 1 amide bonds. The number of amides is 1. The van der Waals surface area contributed by atoms with E-state index in [0.29, 0.717) is 6.42 Å². The minimum atomic E-state index is -3.69. The van der Waals surface area contributed by atoms with E-state index in [4.69, 9.17) is 4.74 Å². The maximum atomic E-state index is 12.2. The number of aromatic nitrogens is 2. The Morgan fingerprint density at radius 2 is 1.75 bits per heavy atom. The predicted molar refractivity (Wildman–Crippen MR) is 107 cm³/mol. The fourth-order valence-electron chi connectivity index (χ4n) is 2.49. The van der Waals surface area contributed by atoms with Gasteiger partial charge in [0.25, 0.3) is 0 Å². The standard InChI is InChI=1S/C19H19N3O4S2/c1-26-15-10-7-14(8-11-15)9-12-18-21-22-19(27-18)20-17(23)13-28(24,25)16-5-3-2-4-6-16/h2-8,10-11H,9,12-13H2,1H3,(H,20,22,23). The first-order chi connectivity index (χ1) is 13.5. The summed E-state index contributed by atoms with van der Waals surface area (Å²) in [4.78, 5) is 12.2. The van der Waals surface area contributed by atoms with Gasteiger partial charge >= 0.3 is 0 Å². The van der Waals surface area contributed by atoms with Crippen molar-refractivity contribution in [3.05, 3.63) is 65.2 Å². The van der Waals surface area contributed by atoms with Crippen molar-refractivity contribution in [3.63, 3.8) is 0 Å². The molecule has 1 N–H and O–H groups in total. The van der Waals surface area contributed by atoms with Crippen LogP contribution in [0.15, 0.2) is 59.5 Å². The van der Waals surface area contributed by atoms with Crippen molar-refractivity contribution in [2.45, 2.75) is 17.7 Å². The highest BCUT2D eigenvalue weighted by Gasteiger charge is 2.20. The number of carbonyl (C=O) groups is 1. The number of ether oxygens (including phenoxy) is 1. The number of anilines is 1. The largest absolute Gasteiger partial charge is 0.497 e. The summed E-state index contributed by atoms with van der Waals surface area (Å²) >= 11 is 1.24. The third-order valence-electron chi connectivity index (χ3n) is 3.92. The van der Waals surface area contributed by atoms with Crippen LogP contribution in [0.1, 0.15) is 10.6 Å². The van der Waals surface area contributed by atoms with Crippen molar-refractivity contribution in [3.8, 4) is 5.75 Å². The number of carbonyl (C=O) groups excluding carboxylic acids is 1. The van der Waals surface area contributed by atoms with Crippen LogP contribution in [-0.2, 0) is 27.5 Å². The molecular formula is C19H19N3O4S2. The molecule has 146 valence electrons. The smallest absolute Gasteiger partial charge is 0.241 e. The minimum absolute atomic E-state index is 0.114. The van der Waals surface area contributed by atoms with Crippen molar-refractivity contribution in [1.29, 1.82) is 0 Å². The van der Waals surface area contributed by atoms with Crippen LogP contribution < -0.4 is 10.1 Å². The molecule has 0 spiro atoms. The molecule has 0 unspecified atom stereocenters. The maximum absolute atomic E-state index is 12.2. The predicted octanol–water partition coefficient (Wildman–Crippen LogP) is 2.74. The van der Waals surface area contributed by atoms with E-state index in [9.17, 15) is 13.2 Å². The zero-order chi connectivity index (χ0) is 20.0. The minimum Gasteiger partial charge on any atom is -0.497 e. The second-order valence-corrected chi connectivity index (χ2v) is 9.02. The van der Waals surface area contributed by atoms with Gasteiger partial charge in [-0.15, -0.1) is 10.2 Å². The third-order valence-corrected chi connectivity index (χ3v) is 6.45. The number of nitrogens with zero attached hydrogens (tertiary/aromatic N) is 2. The molecule has 3 rings (SSSR count). The van der Waals surface area contributed by atoms with Gasteiger partial charge in [0.2, 0.25) is 11.0 Å². The molecule has 0 radical (unpaired) electrons. The van der Waals surface area contributed by atoms with E-state index in [0.717, 1.165) is 22.7 Å². The van der Waals surface area contributed by atoms with Crippen molar-refractivity contribution < 1.29 is 17.9 Å². The lowest BCUT2D eigenvalue weighted by molar-refractivity contribution is -0.113. The van der Waals surface area contributed by atoms with Crippen LogP contribution in [-0.4, -0.2) is 37.4 Å². The highest BCUT2D eigenvalue weighted by atomic mass is 32.2. The molecule has 0 saturated heterocycles. The maximum Gasteiger partial charge on any atom is 0.241 e. The van der Waals surface area contributed by atoms with Gasteiger partial charge in [-0.1, -0.05) is 41.7 Å². The summed E-state index contributed by atoms with van der Waals surface area (Å²) in [6.45, 7) is 0. The lowest BCUT2D eigenvalue weighted by Crippen LogP contribution is -2.22. The second-order valence-electron chi connectivity index (χ2n) is 5.97. The quantitative estimate of drug-likeness (QED) is 0.605. The molecule has 0 saturated carbocycles. The van der Waals surface area contributed by atoms with Gasteiger partial charge in [-0.05, 0) is 36.2 Å². The molecule has 0 atom stereocenters. The van der Waals surface area contributed by atoms with E-state index in [1.54, 1.807) is 25.3 Å². The average Bonchev–Trinajstić information content (AvgIpc) is 3.14. The Morgan fingerprint density at radius 1 is 1.04 bits per heavy atom. The SMILES string of the molecule is COc1ccc(CCc2nnc(NC(=O)CS(=O)(=O)c3ccccc3)s2)cc1. The van der Waals surface area contributed by atoms with Gasteiger partial charge in [-0.25, -0.2) is 8.42 Å². The first-order valence-corrected chi connectivity index (χ1v) is 11.0. The number of hydrogen-bond donors (Lipinski definition) is 1. The molecular weight excluding hydrogens is 398 g/mol. The van der Waals surface area contributed by atoms with Crippen LogP contribution in [0.25, 0.3) is 0 Å². The van der Waals surface area contributed by atoms with Gasteiger partial charge in [0, 0.05) is 6.42 Å². The zero-order valence-corrected chi connectivity index (χ0v) is 16.8. The molecule has 1 aromatic heterocycles. The first-order valence-electron chi connectivity index (χ1n) is 8.49. The summed E-state index contributed by atoms with van der Waals surface area (Å²) in [6, 6.07) is 15.6. The number of aryl methyl sites for hydroxylation is 2. The Labute approximate surface area is 167 Å². The molecule has 7 nitrogen and oxygen atoms in total. The highest BCUT2D eigenvalue weighted by molar-refractivity contribution is 7.92. The van der Waals surface area contributed by atoms with E-state index < -0.39 is 21.5 Å². The third kappa shape index (κ3) is 5.37. The van der Waals surface area contributed by atoms with Gasteiger partial charge in [0.1, 0.15) is 16.5 Å². The summed E-state index contributed by atoms with van der Waals surface area (Å²) in [5.74, 6) is -0.477. The molecule has 0 aliphatic rings. The Bertz CT molecular complexity index is 1030. The van der Waals surface area contributed by atoms with Crippen LogP contribution >= 0.6 is 11.3 Å². The van der Waals surface area contributed by atoms with Gasteiger partial charge in [0.15, 0.2) is 9.84 Å². The Morgan fingerprint density at radius 3 is 2.43 bits per heavy atom. The fourth-order valence-corrected chi connectivity index (χ4v) is 4.40. The van der Waals surface area contributed by atoms with Gasteiger partial charge < -0.3 is 4.74 Å². The lowest BCUT2D eigenvalue weighted by atomic mass is 10.1. The van der Waals surface area contributed by atoms with Crippen LogP contribution in [0, 0.1) is 0 Å². The molecule has 0 aliphatic heterocycles. The summed E-state index contributed by atoms with van der Waals surface area (Å²) in [6.07, 6.45) is 1.44.